The molecule has 2 aliphatic heterocycles. The zero-order valence-corrected chi connectivity index (χ0v) is 6.68. The van der Waals surface area contributed by atoms with Gasteiger partial charge in [-0.25, -0.2) is 0 Å². The third kappa shape index (κ3) is 1.53. The highest BCUT2D eigenvalue weighted by molar-refractivity contribution is 5.87. The van der Waals surface area contributed by atoms with Crippen molar-refractivity contribution in [2.75, 3.05) is 19.7 Å². The Morgan fingerprint density at radius 1 is 1.36 bits per heavy atom. The highest BCUT2D eigenvalue weighted by Gasteiger charge is 2.21. The molecule has 0 aromatic heterocycles. The number of rotatable bonds is 1. The quantitative estimate of drug-likeness (QED) is 0.605. The van der Waals surface area contributed by atoms with Crippen LogP contribution in [-0.2, 0) is 4.84 Å². The second-order valence-electron chi connectivity index (χ2n) is 3.19. The van der Waals surface area contributed by atoms with Crippen molar-refractivity contribution in [1.29, 1.82) is 0 Å². The van der Waals surface area contributed by atoms with Gasteiger partial charge in [0.2, 0.25) is 0 Å². The van der Waals surface area contributed by atoms with Crippen LogP contribution in [0.5, 0.6) is 0 Å². The summed E-state index contributed by atoms with van der Waals surface area (Å²) < 4.78 is 0. The molecule has 1 N–H and O–H groups in total. The molecule has 11 heavy (non-hydrogen) atoms. The van der Waals surface area contributed by atoms with E-state index < -0.39 is 0 Å². The molecule has 0 saturated carbocycles. The Morgan fingerprint density at radius 3 is 2.82 bits per heavy atom. The van der Waals surface area contributed by atoms with Crippen LogP contribution in [0.25, 0.3) is 0 Å². The first-order valence-corrected chi connectivity index (χ1v) is 4.36. The van der Waals surface area contributed by atoms with Crippen molar-refractivity contribution >= 4 is 5.71 Å². The summed E-state index contributed by atoms with van der Waals surface area (Å²) in [6.45, 7) is 3.09. The second-order valence-corrected chi connectivity index (χ2v) is 3.19. The van der Waals surface area contributed by atoms with Crippen LogP contribution in [0.4, 0.5) is 0 Å². The monoisotopic (exact) mass is 154 g/mol. The number of nitrogens with zero attached hydrogens (tertiary/aromatic N) is 1. The highest BCUT2D eigenvalue weighted by Crippen LogP contribution is 2.18. The summed E-state index contributed by atoms with van der Waals surface area (Å²) in [5.74, 6) is 0.707. The minimum absolute atomic E-state index is 0.707. The SMILES string of the molecule is C1CC(C2=NOCC2)CCN1. The van der Waals surface area contributed by atoms with Crippen LogP contribution < -0.4 is 5.32 Å². The van der Waals surface area contributed by atoms with Gasteiger partial charge in [0.25, 0.3) is 0 Å². The maximum absolute atomic E-state index is 4.98. The summed E-state index contributed by atoms with van der Waals surface area (Å²) >= 11 is 0. The molecule has 0 radical (unpaired) electrons. The van der Waals surface area contributed by atoms with Gasteiger partial charge in [-0.2, -0.15) is 0 Å². The predicted molar refractivity (Wildman–Crippen MR) is 43.6 cm³/mol. The van der Waals surface area contributed by atoms with Crippen LogP contribution in [0, 0.1) is 5.92 Å². The third-order valence-electron chi connectivity index (χ3n) is 2.44. The van der Waals surface area contributed by atoms with Crippen molar-refractivity contribution in [3.8, 4) is 0 Å². The molecule has 1 fully saturated rings. The summed E-state index contributed by atoms with van der Waals surface area (Å²) in [7, 11) is 0. The number of nitrogens with one attached hydrogen (secondary N) is 1. The van der Waals surface area contributed by atoms with Crippen molar-refractivity contribution in [1.82, 2.24) is 5.32 Å². The Bertz CT molecular complexity index is 161. The van der Waals surface area contributed by atoms with E-state index in [0.717, 1.165) is 26.1 Å². The Balaban J connectivity index is 1.92. The summed E-state index contributed by atoms with van der Waals surface area (Å²) in [5.41, 5.74) is 1.30. The molecule has 3 heteroatoms. The van der Waals surface area contributed by atoms with E-state index in [1.165, 1.54) is 18.6 Å². The fraction of sp³-hybridized carbons (Fsp3) is 0.875. The molecule has 0 unspecified atom stereocenters. The van der Waals surface area contributed by atoms with E-state index >= 15 is 0 Å². The van der Waals surface area contributed by atoms with Crippen molar-refractivity contribution in [3.05, 3.63) is 0 Å². The lowest BCUT2D eigenvalue weighted by molar-refractivity contribution is 0.173. The standard InChI is InChI=1S/C8H14N2O/c1-4-9-5-2-7(1)8-3-6-11-10-8/h7,9H,1-6H2. The van der Waals surface area contributed by atoms with Gasteiger partial charge in [0.15, 0.2) is 0 Å². The van der Waals surface area contributed by atoms with Crippen LogP contribution in [0.3, 0.4) is 0 Å². The molecule has 0 atom stereocenters. The Kier molecular flexibility index (Phi) is 2.08. The predicted octanol–water partition coefficient (Wildman–Crippen LogP) is 0.762. The molecular weight excluding hydrogens is 140 g/mol. The lowest BCUT2D eigenvalue weighted by atomic mass is 9.92. The van der Waals surface area contributed by atoms with E-state index in [-0.39, 0.29) is 0 Å². The Hall–Kier alpha value is -0.570. The largest absolute Gasteiger partial charge is 0.395 e. The Morgan fingerprint density at radius 2 is 2.18 bits per heavy atom. The molecule has 0 amide bonds. The lowest BCUT2D eigenvalue weighted by Crippen LogP contribution is -2.31. The van der Waals surface area contributed by atoms with Crippen LogP contribution in [0.2, 0.25) is 0 Å². The van der Waals surface area contributed by atoms with Gasteiger partial charge >= 0.3 is 0 Å². The zero-order chi connectivity index (χ0) is 7.52. The number of oxime groups is 1. The van der Waals surface area contributed by atoms with Gasteiger partial charge in [-0.05, 0) is 25.9 Å². The van der Waals surface area contributed by atoms with Gasteiger partial charge in [-0.15, -0.1) is 0 Å². The average Bonchev–Trinajstić information content (AvgIpc) is 2.58. The zero-order valence-electron chi connectivity index (χ0n) is 6.68. The smallest absolute Gasteiger partial charge is 0.122 e. The van der Waals surface area contributed by atoms with Gasteiger partial charge in [0.05, 0.1) is 5.71 Å². The molecule has 0 aromatic carbocycles. The maximum atomic E-state index is 4.98. The molecule has 0 aliphatic carbocycles. The normalized spacial score (nSPS) is 26.4. The number of hydrogen-bond donors (Lipinski definition) is 1. The molecule has 0 bridgehead atoms. The molecule has 2 rings (SSSR count). The number of hydrogen-bond acceptors (Lipinski definition) is 3. The van der Waals surface area contributed by atoms with Crippen LogP contribution >= 0.6 is 0 Å². The number of piperidine rings is 1. The fourth-order valence-electron chi connectivity index (χ4n) is 1.76. The summed E-state index contributed by atoms with van der Waals surface area (Å²) in [4.78, 5) is 4.98. The molecule has 3 nitrogen and oxygen atoms in total. The summed E-state index contributed by atoms with van der Waals surface area (Å²) in [6, 6.07) is 0. The van der Waals surface area contributed by atoms with Crippen molar-refractivity contribution in [3.63, 3.8) is 0 Å². The average molecular weight is 154 g/mol. The van der Waals surface area contributed by atoms with Gasteiger partial charge in [0, 0.05) is 12.3 Å². The van der Waals surface area contributed by atoms with Gasteiger partial charge in [-0.3, -0.25) is 0 Å². The van der Waals surface area contributed by atoms with Gasteiger partial charge in [-0.1, -0.05) is 5.16 Å². The molecule has 2 aliphatic rings. The van der Waals surface area contributed by atoms with Crippen molar-refractivity contribution in [2.24, 2.45) is 11.1 Å². The first kappa shape index (κ1) is 7.10. The molecule has 2 heterocycles. The summed E-state index contributed by atoms with van der Waals surface area (Å²) in [5, 5.41) is 7.39. The van der Waals surface area contributed by atoms with Crippen LogP contribution in [0.15, 0.2) is 5.16 Å². The topological polar surface area (TPSA) is 33.6 Å². The van der Waals surface area contributed by atoms with Crippen molar-refractivity contribution in [2.45, 2.75) is 19.3 Å². The first-order chi connectivity index (χ1) is 5.47. The van der Waals surface area contributed by atoms with Crippen molar-refractivity contribution < 1.29 is 4.84 Å². The van der Waals surface area contributed by atoms with E-state index in [0.29, 0.717) is 5.92 Å². The van der Waals surface area contributed by atoms with E-state index in [4.69, 9.17) is 4.84 Å². The third-order valence-corrected chi connectivity index (χ3v) is 2.44. The fourth-order valence-corrected chi connectivity index (χ4v) is 1.76. The van der Waals surface area contributed by atoms with Crippen LogP contribution in [0.1, 0.15) is 19.3 Å². The van der Waals surface area contributed by atoms with E-state index in [1.54, 1.807) is 0 Å². The van der Waals surface area contributed by atoms with E-state index in [1.807, 2.05) is 0 Å². The summed E-state index contributed by atoms with van der Waals surface area (Å²) in [6.07, 6.45) is 3.54. The van der Waals surface area contributed by atoms with E-state index in [9.17, 15) is 0 Å². The maximum Gasteiger partial charge on any atom is 0.122 e. The van der Waals surface area contributed by atoms with Gasteiger partial charge in [0.1, 0.15) is 6.61 Å². The first-order valence-electron chi connectivity index (χ1n) is 4.36. The lowest BCUT2D eigenvalue weighted by Gasteiger charge is -2.21. The molecule has 0 spiro atoms. The van der Waals surface area contributed by atoms with Gasteiger partial charge < -0.3 is 10.2 Å². The molecular formula is C8H14N2O. The minimum Gasteiger partial charge on any atom is -0.395 e. The molecule has 0 aromatic rings. The Labute approximate surface area is 66.8 Å². The molecule has 1 saturated heterocycles. The highest BCUT2D eigenvalue weighted by atomic mass is 16.6. The second kappa shape index (κ2) is 3.22. The minimum atomic E-state index is 0.707. The van der Waals surface area contributed by atoms with E-state index in [2.05, 4.69) is 10.5 Å². The van der Waals surface area contributed by atoms with Crippen LogP contribution in [-0.4, -0.2) is 25.4 Å². The molecule has 62 valence electrons.